The molecular formula is C20H38N2O3. The van der Waals surface area contributed by atoms with Crippen LogP contribution in [0.5, 0.6) is 0 Å². The molecule has 0 aromatic carbocycles. The van der Waals surface area contributed by atoms with E-state index < -0.39 is 5.60 Å². The van der Waals surface area contributed by atoms with Gasteiger partial charge in [0, 0.05) is 18.6 Å². The first kappa shape index (κ1) is 20.5. The minimum Gasteiger partial charge on any atom is -0.444 e. The maximum Gasteiger partial charge on any atom is 0.410 e. The third-order valence-electron chi connectivity index (χ3n) is 5.26. The number of amides is 1. The van der Waals surface area contributed by atoms with Crippen LogP contribution in [0.15, 0.2) is 0 Å². The van der Waals surface area contributed by atoms with E-state index in [1.807, 2.05) is 25.7 Å². The zero-order chi connectivity index (χ0) is 18.4. The maximum atomic E-state index is 12.5. The average molecular weight is 355 g/mol. The molecule has 0 radical (unpaired) electrons. The van der Waals surface area contributed by atoms with E-state index >= 15 is 0 Å². The molecule has 146 valence electrons. The Hall–Kier alpha value is -0.810. The summed E-state index contributed by atoms with van der Waals surface area (Å²) in [6, 6.07) is 1.07. The van der Waals surface area contributed by atoms with Gasteiger partial charge in [-0.15, -0.1) is 0 Å². The van der Waals surface area contributed by atoms with Crippen LogP contribution >= 0.6 is 0 Å². The van der Waals surface area contributed by atoms with Gasteiger partial charge in [0.1, 0.15) is 5.60 Å². The van der Waals surface area contributed by atoms with Crippen LogP contribution in [0, 0.1) is 5.92 Å². The lowest BCUT2D eigenvalue weighted by atomic mass is 10.0. The summed E-state index contributed by atoms with van der Waals surface area (Å²) < 4.78 is 11.2. The van der Waals surface area contributed by atoms with E-state index in [1.54, 1.807) is 0 Å². The first-order valence-electron chi connectivity index (χ1n) is 10.1. The molecule has 4 unspecified atom stereocenters. The molecule has 0 spiro atoms. The van der Waals surface area contributed by atoms with Gasteiger partial charge >= 0.3 is 6.09 Å². The molecule has 1 saturated carbocycles. The third kappa shape index (κ3) is 7.14. The van der Waals surface area contributed by atoms with Gasteiger partial charge in [-0.05, 0) is 59.3 Å². The first-order valence-corrected chi connectivity index (χ1v) is 10.1. The second-order valence-corrected chi connectivity index (χ2v) is 9.02. The Balaban J connectivity index is 1.86. The van der Waals surface area contributed by atoms with Crippen molar-refractivity contribution in [1.29, 1.82) is 0 Å². The Morgan fingerprint density at radius 3 is 2.76 bits per heavy atom. The van der Waals surface area contributed by atoms with Gasteiger partial charge in [0.2, 0.25) is 0 Å². The Morgan fingerprint density at radius 2 is 2.04 bits per heavy atom. The van der Waals surface area contributed by atoms with Crippen LogP contribution in [0.3, 0.4) is 0 Å². The fourth-order valence-electron chi connectivity index (χ4n) is 3.94. The summed E-state index contributed by atoms with van der Waals surface area (Å²) in [5.74, 6) is 0.858. The molecule has 0 bridgehead atoms. The topological polar surface area (TPSA) is 50.8 Å². The zero-order valence-electron chi connectivity index (χ0n) is 16.8. The molecule has 4 atom stereocenters. The van der Waals surface area contributed by atoms with E-state index in [9.17, 15) is 4.79 Å². The molecule has 1 amide bonds. The fourth-order valence-corrected chi connectivity index (χ4v) is 3.94. The highest BCUT2D eigenvalue weighted by Crippen LogP contribution is 2.24. The molecule has 5 nitrogen and oxygen atoms in total. The highest BCUT2D eigenvalue weighted by atomic mass is 16.6. The van der Waals surface area contributed by atoms with Gasteiger partial charge < -0.3 is 19.7 Å². The van der Waals surface area contributed by atoms with E-state index in [0.717, 1.165) is 12.3 Å². The van der Waals surface area contributed by atoms with Gasteiger partial charge in [-0.3, -0.25) is 0 Å². The van der Waals surface area contributed by atoms with E-state index in [4.69, 9.17) is 9.47 Å². The quantitative estimate of drug-likeness (QED) is 0.777. The fraction of sp³-hybridized carbons (Fsp3) is 0.950. The van der Waals surface area contributed by atoms with E-state index in [2.05, 4.69) is 19.2 Å². The summed E-state index contributed by atoms with van der Waals surface area (Å²) in [4.78, 5) is 14.4. The lowest BCUT2D eigenvalue weighted by molar-refractivity contribution is -0.0357. The molecule has 5 heteroatoms. The standard InChI is InChI=1S/C20H38N2O3/c1-15-7-6-8-17(10-9-15)21-16(2)13-18-14-24-12-11-22(18)19(23)25-20(3,4)5/h15-18,21H,6-14H2,1-5H3. The third-order valence-corrected chi connectivity index (χ3v) is 5.26. The summed E-state index contributed by atoms with van der Waals surface area (Å²) in [6.45, 7) is 12.2. The SMILES string of the molecule is CC1CCCC(NC(C)CC2COCCN2C(=O)OC(C)(C)C)CC1. The Morgan fingerprint density at radius 1 is 1.28 bits per heavy atom. The van der Waals surface area contributed by atoms with Gasteiger partial charge in [0.25, 0.3) is 0 Å². The lowest BCUT2D eigenvalue weighted by Gasteiger charge is -2.38. The minimum atomic E-state index is -0.457. The molecule has 0 aromatic rings. The smallest absolute Gasteiger partial charge is 0.410 e. The highest BCUT2D eigenvalue weighted by molar-refractivity contribution is 5.68. The van der Waals surface area contributed by atoms with E-state index in [1.165, 1.54) is 32.1 Å². The first-order chi connectivity index (χ1) is 11.7. The van der Waals surface area contributed by atoms with Gasteiger partial charge in [0.15, 0.2) is 0 Å². The molecule has 1 heterocycles. The highest BCUT2D eigenvalue weighted by Gasteiger charge is 2.32. The normalized spacial score (nSPS) is 29.8. The van der Waals surface area contributed by atoms with Crippen LogP contribution in [0.1, 0.15) is 73.1 Å². The molecule has 1 aliphatic carbocycles. The Bertz CT molecular complexity index is 422. The van der Waals surface area contributed by atoms with Crippen LogP contribution in [-0.2, 0) is 9.47 Å². The van der Waals surface area contributed by atoms with Crippen LogP contribution in [0.2, 0.25) is 0 Å². The molecular weight excluding hydrogens is 316 g/mol. The van der Waals surface area contributed by atoms with Crippen molar-refractivity contribution in [3.8, 4) is 0 Å². The summed E-state index contributed by atoms with van der Waals surface area (Å²) >= 11 is 0. The number of nitrogens with zero attached hydrogens (tertiary/aromatic N) is 1. The number of rotatable bonds is 4. The van der Waals surface area contributed by atoms with Crippen molar-refractivity contribution in [2.45, 2.75) is 96.9 Å². The van der Waals surface area contributed by atoms with E-state index in [-0.39, 0.29) is 12.1 Å². The van der Waals surface area contributed by atoms with Crippen molar-refractivity contribution in [3.63, 3.8) is 0 Å². The van der Waals surface area contributed by atoms with Gasteiger partial charge in [0.05, 0.1) is 19.3 Å². The molecule has 1 N–H and O–H groups in total. The Kier molecular flexibility index (Phi) is 7.56. The number of hydrogen-bond acceptors (Lipinski definition) is 4. The number of carbonyl (C=O) groups excluding carboxylic acids is 1. The molecule has 2 aliphatic rings. The van der Waals surface area contributed by atoms with Crippen LogP contribution in [0.4, 0.5) is 4.79 Å². The molecule has 0 aromatic heterocycles. The molecule has 1 aliphatic heterocycles. The summed E-state index contributed by atoms with van der Waals surface area (Å²) in [5, 5.41) is 3.80. The summed E-state index contributed by atoms with van der Waals surface area (Å²) in [5.41, 5.74) is -0.457. The van der Waals surface area contributed by atoms with Gasteiger partial charge in [-0.1, -0.05) is 19.8 Å². The second-order valence-electron chi connectivity index (χ2n) is 9.02. The number of nitrogens with one attached hydrogen (secondary N) is 1. The predicted molar refractivity (Wildman–Crippen MR) is 101 cm³/mol. The lowest BCUT2D eigenvalue weighted by Crippen LogP contribution is -2.52. The number of carbonyl (C=O) groups is 1. The van der Waals surface area contributed by atoms with Crippen molar-refractivity contribution in [2.24, 2.45) is 5.92 Å². The molecule has 25 heavy (non-hydrogen) atoms. The number of ether oxygens (including phenoxy) is 2. The minimum absolute atomic E-state index is 0.0933. The summed E-state index contributed by atoms with van der Waals surface area (Å²) in [7, 11) is 0. The predicted octanol–water partition coefficient (Wildman–Crippen LogP) is 3.96. The largest absolute Gasteiger partial charge is 0.444 e. The van der Waals surface area contributed by atoms with Crippen LogP contribution in [0.25, 0.3) is 0 Å². The summed E-state index contributed by atoms with van der Waals surface area (Å²) in [6.07, 6.45) is 7.23. The molecule has 1 saturated heterocycles. The molecule has 2 fully saturated rings. The Labute approximate surface area is 153 Å². The van der Waals surface area contributed by atoms with Crippen LogP contribution < -0.4 is 5.32 Å². The number of hydrogen-bond donors (Lipinski definition) is 1. The van der Waals surface area contributed by atoms with Crippen LogP contribution in [-0.4, -0.2) is 54.5 Å². The zero-order valence-corrected chi connectivity index (χ0v) is 16.8. The van der Waals surface area contributed by atoms with Crippen molar-refractivity contribution < 1.29 is 14.3 Å². The van der Waals surface area contributed by atoms with Crippen molar-refractivity contribution in [2.75, 3.05) is 19.8 Å². The van der Waals surface area contributed by atoms with Crippen molar-refractivity contribution >= 4 is 6.09 Å². The number of morpholine rings is 1. The van der Waals surface area contributed by atoms with Gasteiger partial charge in [-0.25, -0.2) is 4.79 Å². The van der Waals surface area contributed by atoms with Crippen molar-refractivity contribution in [3.05, 3.63) is 0 Å². The average Bonchev–Trinajstić information content (AvgIpc) is 2.70. The van der Waals surface area contributed by atoms with E-state index in [0.29, 0.717) is 31.8 Å². The maximum absolute atomic E-state index is 12.5. The van der Waals surface area contributed by atoms with Gasteiger partial charge in [-0.2, -0.15) is 0 Å². The second kappa shape index (κ2) is 9.22. The van der Waals surface area contributed by atoms with Crippen molar-refractivity contribution in [1.82, 2.24) is 10.2 Å². The monoisotopic (exact) mass is 354 g/mol. The molecule has 2 rings (SSSR count).